The molecule has 2 aromatic heterocycles. The first-order chi connectivity index (χ1) is 15.0. The van der Waals surface area contributed by atoms with Gasteiger partial charge in [-0.15, -0.1) is 0 Å². The number of nitrogens with zero attached hydrogens (tertiary/aromatic N) is 3. The molecule has 1 aliphatic rings. The molecule has 3 heterocycles. The fraction of sp³-hybridized carbons (Fsp3) is 0.174. The Hall–Kier alpha value is -3.81. The summed E-state index contributed by atoms with van der Waals surface area (Å²) in [5.74, 6) is 0.128. The molecule has 0 fully saturated rings. The van der Waals surface area contributed by atoms with Crippen LogP contribution in [-0.4, -0.2) is 26.9 Å². The summed E-state index contributed by atoms with van der Waals surface area (Å²) in [5.41, 5.74) is 6.29. The second-order valence-electron chi connectivity index (χ2n) is 7.40. The number of benzene rings is 2. The Morgan fingerprint density at radius 2 is 2.06 bits per heavy atom. The zero-order valence-corrected chi connectivity index (χ0v) is 16.6. The molecule has 0 radical (unpaired) electrons. The maximum Gasteiger partial charge on any atom is 0.387 e. The SMILES string of the molecule is Cc1nc2cnc(-c3ccc4c(c3)NC(=O)C4)cn2c1Cc1ccccc1OC(F)F. The second-order valence-corrected chi connectivity index (χ2v) is 7.40. The highest BCUT2D eigenvalue weighted by Gasteiger charge is 2.19. The van der Waals surface area contributed by atoms with Gasteiger partial charge in [-0.3, -0.25) is 14.2 Å². The first-order valence-electron chi connectivity index (χ1n) is 9.77. The quantitative estimate of drug-likeness (QED) is 0.520. The molecule has 8 heteroatoms. The van der Waals surface area contributed by atoms with Crippen molar-refractivity contribution >= 4 is 17.2 Å². The Labute approximate surface area is 176 Å². The van der Waals surface area contributed by atoms with Gasteiger partial charge in [0.25, 0.3) is 0 Å². The standard InChI is InChI=1S/C23H18F2N4O2/c1-13-19(9-16-4-2-3-5-20(16)31-23(24)25)29-12-18(26-11-21(29)27-13)14-6-7-15-10-22(30)28-17(15)8-14/h2-8,11-12,23H,9-10H2,1H3,(H,28,30). The minimum absolute atomic E-state index is 0.0206. The van der Waals surface area contributed by atoms with Crippen molar-refractivity contribution < 1.29 is 18.3 Å². The van der Waals surface area contributed by atoms with E-state index in [1.165, 1.54) is 6.07 Å². The molecule has 156 valence electrons. The van der Waals surface area contributed by atoms with Gasteiger partial charge in [0.15, 0.2) is 5.65 Å². The van der Waals surface area contributed by atoms with Gasteiger partial charge in [-0.1, -0.05) is 30.3 Å². The van der Waals surface area contributed by atoms with E-state index in [0.29, 0.717) is 29.7 Å². The number of aromatic nitrogens is 3. The number of carbonyl (C=O) groups excluding carboxylic acids is 1. The number of nitrogens with one attached hydrogen (secondary N) is 1. The first kappa shape index (κ1) is 19.2. The summed E-state index contributed by atoms with van der Waals surface area (Å²) in [4.78, 5) is 20.7. The van der Waals surface area contributed by atoms with Crippen LogP contribution in [-0.2, 0) is 17.6 Å². The molecule has 1 aliphatic heterocycles. The van der Waals surface area contributed by atoms with Gasteiger partial charge in [0.05, 0.1) is 29.7 Å². The van der Waals surface area contributed by atoms with Crippen molar-refractivity contribution in [2.75, 3.05) is 5.32 Å². The van der Waals surface area contributed by atoms with Crippen LogP contribution < -0.4 is 10.1 Å². The fourth-order valence-corrected chi connectivity index (χ4v) is 3.90. The van der Waals surface area contributed by atoms with Crippen molar-refractivity contribution in [1.82, 2.24) is 14.4 Å². The Morgan fingerprint density at radius 1 is 1.23 bits per heavy atom. The van der Waals surface area contributed by atoms with Gasteiger partial charge in [0.2, 0.25) is 5.91 Å². The molecule has 0 saturated heterocycles. The van der Waals surface area contributed by atoms with Crippen molar-refractivity contribution in [3.05, 3.63) is 77.4 Å². The lowest BCUT2D eigenvalue weighted by molar-refractivity contribution is -0.115. The van der Waals surface area contributed by atoms with Gasteiger partial charge in [0.1, 0.15) is 5.75 Å². The van der Waals surface area contributed by atoms with Crippen molar-refractivity contribution in [2.24, 2.45) is 0 Å². The summed E-state index contributed by atoms with van der Waals surface area (Å²) in [6.07, 6.45) is 4.31. The van der Waals surface area contributed by atoms with E-state index >= 15 is 0 Å². The predicted molar refractivity (Wildman–Crippen MR) is 111 cm³/mol. The number of hydrogen-bond donors (Lipinski definition) is 1. The molecule has 0 aliphatic carbocycles. The van der Waals surface area contributed by atoms with E-state index in [9.17, 15) is 13.6 Å². The van der Waals surface area contributed by atoms with E-state index in [1.807, 2.05) is 35.7 Å². The molecule has 2 aromatic carbocycles. The number of halogens is 2. The van der Waals surface area contributed by atoms with E-state index in [2.05, 4.69) is 20.0 Å². The van der Waals surface area contributed by atoms with Crippen molar-refractivity contribution in [3.63, 3.8) is 0 Å². The highest BCUT2D eigenvalue weighted by Crippen LogP contribution is 2.30. The maximum absolute atomic E-state index is 12.8. The van der Waals surface area contributed by atoms with Crippen LogP contribution in [0.2, 0.25) is 0 Å². The number of alkyl halides is 2. The maximum atomic E-state index is 12.8. The number of fused-ring (bicyclic) bond motifs is 2. The van der Waals surface area contributed by atoms with Crippen LogP contribution in [0.5, 0.6) is 5.75 Å². The molecule has 0 saturated carbocycles. The van der Waals surface area contributed by atoms with E-state index in [1.54, 1.807) is 24.4 Å². The molecule has 0 bridgehead atoms. The molecule has 31 heavy (non-hydrogen) atoms. The van der Waals surface area contributed by atoms with Crippen molar-refractivity contribution in [1.29, 1.82) is 0 Å². The number of amides is 1. The Morgan fingerprint density at radius 3 is 2.90 bits per heavy atom. The van der Waals surface area contributed by atoms with Crippen molar-refractivity contribution in [3.8, 4) is 17.0 Å². The topological polar surface area (TPSA) is 68.5 Å². The van der Waals surface area contributed by atoms with E-state index in [0.717, 1.165) is 28.2 Å². The number of imidazole rings is 1. The molecular weight excluding hydrogens is 402 g/mol. The highest BCUT2D eigenvalue weighted by atomic mass is 19.3. The lowest BCUT2D eigenvalue weighted by Gasteiger charge is -2.11. The van der Waals surface area contributed by atoms with Crippen LogP contribution in [0.3, 0.4) is 0 Å². The molecule has 1 amide bonds. The van der Waals surface area contributed by atoms with Crippen LogP contribution in [0.1, 0.15) is 22.5 Å². The molecule has 5 rings (SSSR count). The van der Waals surface area contributed by atoms with Gasteiger partial charge >= 0.3 is 6.61 Å². The monoisotopic (exact) mass is 420 g/mol. The largest absolute Gasteiger partial charge is 0.435 e. The summed E-state index contributed by atoms with van der Waals surface area (Å²) < 4.78 is 32.2. The highest BCUT2D eigenvalue weighted by molar-refractivity contribution is 5.99. The molecule has 0 atom stereocenters. The molecule has 4 aromatic rings. The summed E-state index contributed by atoms with van der Waals surface area (Å²) in [7, 11) is 0. The average molecular weight is 420 g/mol. The van der Waals surface area contributed by atoms with E-state index in [4.69, 9.17) is 0 Å². The number of anilines is 1. The van der Waals surface area contributed by atoms with Crippen LogP contribution in [0.15, 0.2) is 54.9 Å². The summed E-state index contributed by atoms with van der Waals surface area (Å²) >= 11 is 0. The zero-order chi connectivity index (χ0) is 21.5. The summed E-state index contributed by atoms with van der Waals surface area (Å²) in [6, 6.07) is 12.5. The summed E-state index contributed by atoms with van der Waals surface area (Å²) in [6.45, 7) is -1.01. The van der Waals surface area contributed by atoms with Crippen LogP contribution in [0.25, 0.3) is 16.9 Å². The second kappa shape index (κ2) is 7.46. The van der Waals surface area contributed by atoms with E-state index in [-0.39, 0.29) is 11.7 Å². The third-order valence-corrected chi connectivity index (χ3v) is 5.39. The van der Waals surface area contributed by atoms with Crippen LogP contribution in [0, 0.1) is 6.92 Å². The molecular formula is C23H18F2N4O2. The van der Waals surface area contributed by atoms with Crippen LogP contribution in [0.4, 0.5) is 14.5 Å². The Balaban J connectivity index is 1.55. The van der Waals surface area contributed by atoms with Crippen molar-refractivity contribution in [2.45, 2.75) is 26.4 Å². The third kappa shape index (κ3) is 3.61. The lowest BCUT2D eigenvalue weighted by atomic mass is 10.1. The molecule has 6 nitrogen and oxygen atoms in total. The minimum Gasteiger partial charge on any atom is -0.435 e. The van der Waals surface area contributed by atoms with Gasteiger partial charge < -0.3 is 10.1 Å². The number of carbonyl (C=O) groups is 1. The zero-order valence-electron chi connectivity index (χ0n) is 16.6. The van der Waals surface area contributed by atoms with Crippen LogP contribution >= 0.6 is 0 Å². The average Bonchev–Trinajstić information content (AvgIpc) is 3.26. The van der Waals surface area contributed by atoms with E-state index < -0.39 is 6.61 Å². The fourth-order valence-electron chi connectivity index (χ4n) is 3.90. The number of hydrogen-bond acceptors (Lipinski definition) is 4. The summed E-state index contributed by atoms with van der Waals surface area (Å²) in [5, 5.41) is 2.85. The van der Waals surface area contributed by atoms with Gasteiger partial charge in [-0.25, -0.2) is 4.98 Å². The number of aryl methyl sites for hydroxylation is 1. The molecule has 0 spiro atoms. The van der Waals surface area contributed by atoms with Gasteiger partial charge in [-0.2, -0.15) is 8.78 Å². The Kier molecular flexibility index (Phi) is 4.62. The number of rotatable bonds is 5. The Bertz CT molecular complexity index is 1320. The third-order valence-electron chi connectivity index (χ3n) is 5.39. The molecule has 1 N–H and O–H groups in total. The lowest BCUT2D eigenvalue weighted by Crippen LogP contribution is -2.06. The minimum atomic E-state index is -2.89. The number of para-hydroxylation sites is 1. The normalized spacial score (nSPS) is 13.0. The number of ether oxygens (including phenoxy) is 1. The van der Waals surface area contributed by atoms with Gasteiger partial charge in [0, 0.05) is 29.4 Å². The first-order valence-corrected chi connectivity index (χ1v) is 9.77. The van der Waals surface area contributed by atoms with Gasteiger partial charge in [-0.05, 0) is 24.6 Å². The molecule has 0 unspecified atom stereocenters. The smallest absolute Gasteiger partial charge is 0.387 e. The predicted octanol–water partition coefficient (Wildman–Crippen LogP) is 4.39.